The SMILES string of the molecule is CCCCOC(=O)CCC(C[PH](=O)OC[C@@H]1CCCN1)C(=O)OCCCC. The number of esters is 2. The third-order valence-corrected chi connectivity index (χ3v) is 5.87. The largest absolute Gasteiger partial charge is 0.466 e. The van der Waals surface area contributed by atoms with Crippen molar-refractivity contribution < 1.29 is 28.2 Å². The molecule has 1 saturated heterocycles. The summed E-state index contributed by atoms with van der Waals surface area (Å²) < 4.78 is 28.2. The molecule has 1 N–H and O–H groups in total. The van der Waals surface area contributed by atoms with Crippen molar-refractivity contribution >= 4 is 20.0 Å². The van der Waals surface area contributed by atoms with Crippen LogP contribution >= 0.6 is 8.03 Å². The Morgan fingerprint density at radius 1 is 1.15 bits per heavy atom. The van der Waals surface area contributed by atoms with E-state index in [0.29, 0.717) is 19.8 Å². The Hall–Kier alpha value is -0.910. The van der Waals surface area contributed by atoms with Crippen LogP contribution in [0.5, 0.6) is 0 Å². The van der Waals surface area contributed by atoms with E-state index in [0.717, 1.165) is 45.1 Å². The van der Waals surface area contributed by atoms with E-state index >= 15 is 0 Å². The first-order valence-electron chi connectivity index (χ1n) is 10.3. The third kappa shape index (κ3) is 11.5. The first kappa shape index (κ1) is 24.1. The summed E-state index contributed by atoms with van der Waals surface area (Å²) in [4.78, 5) is 24.1. The van der Waals surface area contributed by atoms with Gasteiger partial charge in [0.15, 0.2) is 8.03 Å². The van der Waals surface area contributed by atoms with E-state index < -0.39 is 19.9 Å². The van der Waals surface area contributed by atoms with Gasteiger partial charge in [0.05, 0.1) is 25.7 Å². The van der Waals surface area contributed by atoms with Gasteiger partial charge in [-0.2, -0.15) is 0 Å². The normalized spacial score (nSPS) is 18.8. The van der Waals surface area contributed by atoms with E-state index in [4.69, 9.17) is 14.0 Å². The van der Waals surface area contributed by atoms with Crippen LogP contribution in [-0.2, 0) is 28.2 Å². The van der Waals surface area contributed by atoms with Crippen LogP contribution in [0.4, 0.5) is 0 Å². The molecule has 1 aliphatic heterocycles. The molecular weight excluding hydrogens is 369 g/mol. The van der Waals surface area contributed by atoms with Gasteiger partial charge < -0.3 is 19.3 Å². The lowest BCUT2D eigenvalue weighted by molar-refractivity contribution is -0.149. The lowest BCUT2D eigenvalue weighted by Gasteiger charge is -2.17. The van der Waals surface area contributed by atoms with Crippen molar-refractivity contribution in [2.45, 2.75) is 71.3 Å². The third-order valence-electron chi connectivity index (χ3n) is 4.55. The molecule has 0 saturated carbocycles. The molecule has 1 aliphatic rings. The lowest BCUT2D eigenvalue weighted by Crippen LogP contribution is -2.26. The summed E-state index contributed by atoms with van der Waals surface area (Å²) >= 11 is 0. The molecule has 7 nitrogen and oxygen atoms in total. The molecule has 27 heavy (non-hydrogen) atoms. The number of carbonyl (C=O) groups is 2. The van der Waals surface area contributed by atoms with Gasteiger partial charge in [0, 0.05) is 18.6 Å². The predicted molar refractivity (Wildman–Crippen MR) is 105 cm³/mol. The van der Waals surface area contributed by atoms with Crippen LogP contribution in [0.1, 0.15) is 65.2 Å². The first-order chi connectivity index (χ1) is 13.1. The minimum atomic E-state index is -2.36. The highest BCUT2D eigenvalue weighted by Gasteiger charge is 2.25. The second-order valence-electron chi connectivity index (χ2n) is 7.01. The highest BCUT2D eigenvalue weighted by Crippen LogP contribution is 2.29. The molecule has 0 aliphatic carbocycles. The maximum atomic E-state index is 12.3. The van der Waals surface area contributed by atoms with E-state index in [2.05, 4.69) is 5.32 Å². The number of rotatable bonds is 15. The summed E-state index contributed by atoms with van der Waals surface area (Å²) in [6.07, 6.45) is 6.12. The molecule has 0 aromatic rings. The van der Waals surface area contributed by atoms with E-state index in [1.807, 2.05) is 13.8 Å². The molecule has 0 aromatic carbocycles. The first-order valence-corrected chi connectivity index (χ1v) is 11.8. The maximum absolute atomic E-state index is 12.3. The van der Waals surface area contributed by atoms with E-state index in [-0.39, 0.29) is 31.0 Å². The van der Waals surface area contributed by atoms with E-state index in [1.165, 1.54) is 0 Å². The fraction of sp³-hybridized carbons (Fsp3) is 0.895. The van der Waals surface area contributed by atoms with Crippen LogP contribution in [0.3, 0.4) is 0 Å². The van der Waals surface area contributed by atoms with E-state index in [9.17, 15) is 14.2 Å². The summed E-state index contributed by atoms with van der Waals surface area (Å²) in [5.41, 5.74) is 0. The van der Waals surface area contributed by atoms with E-state index in [1.54, 1.807) is 0 Å². The van der Waals surface area contributed by atoms with Crippen LogP contribution in [0.15, 0.2) is 0 Å². The average molecular weight is 405 g/mol. The Bertz CT molecular complexity index is 453. The smallest absolute Gasteiger partial charge is 0.309 e. The molecule has 2 unspecified atom stereocenters. The summed E-state index contributed by atoms with van der Waals surface area (Å²) in [6, 6.07) is 0.238. The van der Waals surface area contributed by atoms with Crippen molar-refractivity contribution in [2.75, 3.05) is 32.5 Å². The van der Waals surface area contributed by atoms with Crippen LogP contribution in [0, 0.1) is 5.92 Å². The van der Waals surface area contributed by atoms with Gasteiger partial charge in [-0.1, -0.05) is 26.7 Å². The van der Waals surface area contributed by atoms with Crippen LogP contribution in [-0.4, -0.2) is 50.5 Å². The lowest BCUT2D eigenvalue weighted by atomic mass is 10.1. The molecule has 1 rings (SSSR count). The van der Waals surface area contributed by atoms with Gasteiger partial charge in [-0.15, -0.1) is 0 Å². The molecular formula is C19H36NO6P. The Morgan fingerprint density at radius 3 is 2.48 bits per heavy atom. The monoisotopic (exact) mass is 405 g/mol. The van der Waals surface area contributed by atoms with Gasteiger partial charge in [0.2, 0.25) is 0 Å². The summed E-state index contributed by atoms with van der Waals surface area (Å²) in [7, 11) is -2.36. The quantitative estimate of drug-likeness (QED) is 0.254. The molecule has 158 valence electrons. The Morgan fingerprint density at radius 2 is 1.85 bits per heavy atom. The van der Waals surface area contributed by atoms with Crippen LogP contribution in [0.25, 0.3) is 0 Å². The number of nitrogens with one attached hydrogen (secondary N) is 1. The van der Waals surface area contributed by atoms with Crippen molar-refractivity contribution in [1.29, 1.82) is 0 Å². The number of ether oxygens (including phenoxy) is 2. The number of hydrogen-bond acceptors (Lipinski definition) is 7. The van der Waals surface area contributed by atoms with Gasteiger partial charge >= 0.3 is 11.9 Å². The van der Waals surface area contributed by atoms with Gasteiger partial charge in [-0.05, 0) is 38.6 Å². The summed E-state index contributed by atoms with van der Waals surface area (Å²) in [6.45, 7) is 6.14. The number of unbranched alkanes of at least 4 members (excludes halogenated alkanes) is 2. The summed E-state index contributed by atoms with van der Waals surface area (Å²) in [5.74, 6) is -1.32. The van der Waals surface area contributed by atoms with Gasteiger partial charge in [-0.25, -0.2) is 0 Å². The van der Waals surface area contributed by atoms with Crippen molar-refractivity contribution in [3.63, 3.8) is 0 Å². The van der Waals surface area contributed by atoms with Gasteiger partial charge in [0.25, 0.3) is 0 Å². The van der Waals surface area contributed by atoms with Crippen molar-refractivity contribution in [1.82, 2.24) is 5.32 Å². The summed E-state index contributed by atoms with van der Waals surface area (Å²) in [5, 5.41) is 3.29. The Balaban J connectivity index is 2.43. The fourth-order valence-electron chi connectivity index (χ4n) is 2.79. The zero-order valence-electron chi connectivity index (χ0n) is 16.8. The predicted octanol–water partition coefficient (Wildman–Crippen LogP) is 3.31. The molecule has 0 radical (unpaired) electrons. The molecule has 3 atom stereocenters. The standard InChI is InChI=1S/C19H36NO6P/c1-3-5-12-24-18(21)10-9-16(19(22)25-13-6-4-2)15-27(23)26-14-17-8-7-11-20-17/h16-17,20,27H,3-15H2,1-2H3/t16?,17-/m0/s1. The Kier molecular flexibility index (Phi) is 13.5. The molecule has 1 heterocycles. The molecule has 0 bridgehead atoms. The number of carbonyl (C=O) groups excluding carboxylic acids is 2. The van der Waals surface area contributed by atoms with Gasteiger partial charge in [-0.3, -0.25) is 14.2 Å². The highest BCUT2D eigenvalue weighted by molar-refractivity contribution is 7.39. The second-order valence-corrected chi connectivity index (χ2v) is 8.45. The highest BCUT2D eigenvalue weighted by atomic mass is 31.1. The minimum absolute atomic E-state index is 0.116. The average Bonchev–Trinajstić information content (AvgIpc) is 3.17. The minimum Gasteiger partial charge on any atom is -0.466 e. The Labute approximate surface area is 163 Å². The molecule has 0 amide bonds. The fourth-order valence-corrected chi connectivity index (χ4v) is 4.06. The molecule has 8 heteroatoms. The van der Waals surface area contributed by atoms with Gasteiger partial charge in [0.1, 0.15) is 0 Å². The molecule has 0 aromatic heterocycles. The van der Waals surface area contributed by atoms with Crippen LogP contribution in [0.2, 0.25) is 0 Å². The second kappa shape index (κ2) is 15.1. The number of hydrogen-bond donors (Lipinski definition) is 1. The topological polar surface area (TPSA) is 90.9 Å². The molecule has 0 spiro atoms. The van der Waals surface area contributed by atoms with Crippen molar-refractivity contribution in [3.8, 4) is 0 Å². The van der Waals surface area contributed by atoms with Crippen molar-refractivity contribution in [2.24, 2.45) is 5.92 Å². The molecule has 1 fully saturated rings. The van der Waals surface area contributed by atoms with Crippen LogP contribution < -0.4 is 5.32 Å². The zero-order valence-corrected chi connectivity index (χ0v) is 17.8. The maximum Gasteiger partial charge on any atom is 0.309 e. The van der Waals surface area contributed by atoms with Crippen molar-refractivity contribution in [3.05, 3.63) is 0 Å². The zero-order chi connectivity index (χ0) is 19.9.